The molecule has 7 heteroatoms. The van der Waals surface area contributed by atoms with Crippen LogP contribution in [0.3, 0.4) is 0 Å². The van der Waals surface area contributed by atoms with E-state index in [1.165, 1.54) is 32.8 Å². The van der Waals surface area contributed by atoms with E-state index in [9.17, 15) is 9.59 Å². The summed E-state index contributed by atoms with van der Waals surface area (Å²) in [6, 6.07) is 17.8. The molecule has 7 nitrogen and oxygen atoms in total. The first-order valence-electron chi connectivity index (χ1n) is 10.8. The summed E-state index contributed by atoms with van der Waals surface area (Å²) in [5.41, 5.74) is 3.13. The van der Waals surface area contributed by atoms with Crippen molar-refractivity contribution in [3.8, 4) is 11.3 Å². The van der Waals surface area contributed by atoms with E-state index >= 15 is 0 Å². The number of nitrogens with zero attached hydrogens (tertiary/aromatic N) is 3. The van der Waals surface area contributed by atoms with Gasteiger partial charge in [-0.05, 0) is 61.4 Å². The first kappa shape index (κ1) is 21.5. The molecule has 3 aromatic rings. The summed E-state index contributed by atoms with van der Waals surface area (Å²) in [5, 5.41) is 11.7. The summed E-state index contributed by atoms with van der Waals surface area (Å²) in [4.78, 5) is 26.4. The zero-order chi connectivity index (χ0) is 22.3. The van der Waals surface area contributed by atoms with E-state index in [1.54, 1.807) is 24.3 Å². The van der Waals surface area contributed by atoms with Crippen LogP contribution in [0.1, 0.15) is 46.4 Å². The Morgan fingerprint density at radius 2 is 1.59 bits per heavy atom. The molecular weight excluding hydrogens is 404 g/mol. The van der Waals surface area contributed by atoms with Gasteiger partial charge in [-0.25, -0.2) is 4.79 Å². The molecule has 2 heterocycles. The number of benzene rings is 2. The maximum absolute atomic E-state index is 12.6. The SMILES string of the molecule is COC(=O)c1ccc(C(=O)Nc2cccc(-c3ccc(N4CCCCCC4)nn3)c2)cc1. The number of aromatic nitrogens is 2. The fourth-order valence-electron chi connectivity index (χ4n) is 3.78. The van der Waals surface area contributed by atoms with Crippen molar-refractivity contribution in [2.75, 3.05) is 30.4 Å². The van der Waals surface area contributed by atoms with E-state index < -0.39 is 5.97 Å². The molecule has 32 heavy (non-hydrogen) atoms. The van der Waals surface area contributed by atoms with E-state index in [-0.39, 0.29) is 5.91 Å². The fourth-order valence-corrected chi connectivity index (χ4v) is 3.78. The van der Waals surface area contributed by atoms with Crippen molar-refractivity contribution in [1.29, 1.82) is 0 Å². The number of nitrogens with one attached hydrogen (secondary N) is 1. The Labute approximate surface area is 187 Å². The molecule has 0 radical (unpaired) electrons. The van der Waals surface area contributed by atoms with Crippen LogP contribution in [0, 0.1) is 0 Å². The van der Waals surface area contributed by atoms with Crippen LogP contribution in [0.2, 0.25) is 0 Å². The van der Waals surface area contributed by atoms with Crippen LogP contribution in [-0.4, -0.2) is 42.3 Å². The Hall–Kier alpha value is -3.74. The minimum absolute atomic E-state index is 0.263. The molecule has 0 bridgehead atoms. The van der Waals surface area contributed by atoms with Crippen molar-refractivity contribution < 1.29 is 14.3 Å². The fraction of sp³-hybridized carbons (Fsp3) is 0.280. The number of hydrogen-bond donors (Lipinski definition) is 1. The van der Waals surface area contributed by atoms with Gasteiger partial charge in [0, 0.05) is 29.9 Å². The van der Waals surface area contributed by atoms with Crippen LogP contribution < -0.4 is 10.2 Å². The summed E-state index contributed by atoms with van der Waals surface area (Å²) in [7, 11) is 1.32. The molecule has 0 aliphatic carbocycles. The highest BCUT2D eigenvalue weighted by Crippen LogP contribution is 2.23. The predicted molar refractivity (Wildman–Crippen MR) is 124 cm³/mol. The van der Waals surface area contributed by atoms with Crippen molar-refractivity contribution >= 4 is 23.4 Å². The highest BCUT2D eigenvalue weighted by molar-refractivity contribution is 6.05. The Balaban J connectivity index is 1.45. The highest BCUT2D eigenvalue weighted by atomic mass is 16.5. The quantitative estimate of drug-likeness (QED) is 0.597. The first-order chi connectivity index (χ1) is 15.6. The molecule has 1 aliphatic rings. The second-order valence-electron chi connectivity index (χ2n) is 7.78. The zero-order valence-corrected chi connectivity index (χ0v) is 18.1. The molecule has 0 atom stereocenters. The van der Waals surface area contributed by atoms with Crippen molar-refractivity contribution in [1.82, 2.24) is 10.2 Å². The largest absolute Gasteiger partial charge is 0.465 e. The normalized spacial score (nSPS) is 13.8. The van der Waals surface area contributed by atoms with Gasteiger partial charge in [-0.1, -0.05) is 25.0 Å². The van der Waals surface area contributed by atoms with E-state index in [0.29, 0.717) is 16.8 Å². The van der Waals surface area contributed by atoms with Gasteiger partial charge in [0.15, 0.2) is 5.82 Å². The maximum Gasteiger partial charge on any atom is 0.337 e. The Morgan fingerprint density at radius 3 is 2.25 bits per heavy atom. The van der Waals surface area contributed by atoms with Crippen molar-refractivity contribution in [2.24, 2.45) is 0 Å². The number of carbonyl (C=O) groups excluding carboxylic acids is 2. The average molecular weight is 431 g/mol. The zero-order valence-electron chi connectivity index (χ0n) is 18.1. The third-order valence-electron chi connectivity index (χ3n) is 5.56. The number of ether oxygens (including phenoxy) is 1. The molecular formula is C25H26N4O3. The molecule has 0 saturated carbocycles. The monoisotopic (exact) mass is 430 g/mol. The molecule has 0 spiro atoms. The minimum atomic E-state index is -0.437. The van der Waals surface area contributed by atoms with Crippen LogP contribution in [0.15, 0.2) is 60.7 Å². The number of carbonyl (C=O) groups is 2. The van der Waals surface area contributed by atoms with Crippen molar-refractivity contribution in [2.45, 2.75) is 25.7 Å². The number of hydrogen-bond acceptors (Lipinski definition) is 6. The summed E-state index contributed by atoms with van der Waals surface area (Å²) in [6.45, 7) is 2.05. The van der Waals surface area contributed by atoms with Crippen LogP contribution in [0.25, 0.3) is 11.3 Å². The summed E-state index contributed by atoms with van der Waals surface area (Å²) in [5.74, 6) is 0.212. The molecule has 1 aliphatic heterocycles. The van der Waals surface area contributed by atoms with Crippen molar-refractivity contribution in [3.63, 3.8) is 0 Å². The Bertz CT molecular complexity index is 1070. The van der Waals surface area contributed by atoms with E-state index in [4.69, 9.17) is 0 Å². The predicted octanol–water partition coefficient (Wildman–Crippen LogP) is 4.56. The lowest BCUT2D eigenvalue weighted by atomic mass is 10.1. The first-order valence-corrected chi connectivity index (χ1v) is 10.8. The van der Waals surface area contributed by atoms with Gasteiger partial charge in [-0.15, -0.1) is 10.2 Å². The lowest BCUT2D eigenvalue weighted by Crippen LogP contribution is -2.25. The van der Waals surface area contributed by atoms with Gasteiger partial charge in [0.05, 0.1) is 18.4 Å². The third kappa shape index (κ3) is 5.11. The number of amides is 1. The molecule has 0 unspecified atom stereocenters. The van der Waals surface area contributed by atoms with Gasteiger partial charge in [-0.3, -0.25) is 4.79 Å². The topological polar surface area (TPSA) is 84.4 Å². The summed E-state index contributed by atoms with van der Waals surface area (Å²) in [6.07, 6.45) is 4.93. The maximum atomic E-state index is 12.6. The standard InChI is InChI=1S/C25H26N4O3/c1-32-25(31)19-11-9-18(10-12-19)24(30)26-21-8-6-7-20(17-21)22-13-14-23(28-27-22)29-15-4-2-3-5-16-29/h6-14,17H,2-5,15-16H2,1H3,(H,26,30). The van der Waals surface area contributed by atoms with Crippen LogP contribution in [0.5, 0.6) is 0 Å². The second-order valence-corrected chi connectivity index (χ2v) is 7.78. The van der Waals surface area contributed by atoms with Crippen LogP contribution in [-0.2, 0) is 4.74 Å². The number of esters is 1. The molecule has 2 aromatic carbocycles. The van der Waals surface area contributed by atoms with Gasteiger partial charge in [-0.2, -0.15) is 0 Å². The molecule has 1 amide bonds. The number of methoxy groups -OCH3 is 1. The van der Waals surface area contributed by atoms with Crippen LogP contribution in [0.4, 0.5) is 11.5 Å². The lowest BCUT2D eigenvalue weighted by Gasteiger charge is -2.20. The number of anilines is 2. The molecule has 1 N–H and O–H groups in total. The Kier molecular flexibility index (Phi) is 6.75. The van der Waals surface area contributed by atoms with E-state index in [0.717, 1.165) is 30.2 Å². The smallest absolute Gasteiger partial charge is 0.337 e. The highest BCUT2D eigenvalue weighted by Gasteiger charge is 2.13. The van der Waals surface area contributed by atoms with E-state index in [2.05, 4.69) is 25.2 Å². The van der Waals surface area contributed by atoms with Gasteiger partial charge >= 0.3 is 5.97 Å². The van der Waals surface area contributed by atoms with Gasteiger partial charge in [0.1, 0.15) is 0 Å². The molecule has 1 fully saturated rings. The minimum Gasteiger partial charge on any atom is -0.465 e. The average Bonchev–Trinajstić information content (AvgIpc) is 3.13. The Morgan fingerprint density at radius 1 is 0.875 bits per heavy atom. The summed E-state index contributed by atoms with van der Waals surface area (Å²) < 4.78 is 4.68. The van der Waals surface area contributed by atoms with Gasteiger partial charge in [0.2, 0.25) is 0 Å². The third-order valence-corrected chi connectivity index (χ3v) is 5.56. The molecule has 164 valence electrons. The van der Waals surface area contributed by atoms with Crippen LogP contribution >= 0.6 is 0 Å². The van der Waals surface area contributed by atoms with Crippen molar-refractivity contribution in [3.05, 3.63) is 71.8 Å². The molecule has 1 saturated heterocycles. The second kappa shape index (κ2) is 10.0. The number of rotatable bonds is 5. The van der Waals surface area contributed by atoms with E-state index in [1.807, 2.05) is 36.4 Å². The molecule has 4 rings (SSSR count). The lowest BCUT2D eigenvalue weighted by molar-refractivity contribution is 0.0600. The van der Waals surface area contributed by atoms with Gasteiger partial charge < -0.3 is 15.0 Å². The molecule has 1 aromatic heterocycles. The van der Waals surface area contributed by atoms with Gasteiger partial charge in [0.25, 0.3) is 5.91 Å². The summed E-state index contributed by atoms with van der Waals surface area (Å²) >= 11 is 0.